The van der Waals surface area contributed by atoms with Gasteiger partial charge in [0.2, 0.25) is 10.0 Å². The van der Waals surface area contributed by atoms with Crippen molar-refractivity contribution >= 4 is 10.0 Å². The molecule has 0 amide bonds. The first kappa shape index (κ1) is 15.6. The first-order chi connectivity index (χ1) is 9.94. The molecule has 21 heavy (non-hydrogen) atoms. The molecule has 0 aliphatic rings. The molecule has 2 aromatic carbocycles. The van der Waals surface area contributed by atoms with Crippen LogP contribution in [0.2, 0.25) is 0 Å². The van der Waals surface area contributed by atoms with Crippen LogP contribution in [0.5, 0.6) is 0 Å². The lowest BCUT2D eigenvalue weighted by Crippen LogP contribution is -2.25. The standard InChI is InChI=1S/C14H13F2NO3S/c15-12-2-1-3-13(16)14(12)21(19,20)17-8-10-4-6-11(9-18)7-5-10/h1-7,17-18H,8-9H2. The minimum atomic E-state index is -4.28. The molecule has 0 bridgehead atoms. The van der Waals surface area contributed by atoms with E-state index in [1.165, 1.54) is 0 Å². The molecule has 0 unspecified atom stereocenters. The summed E-state index contributed by atoms with van der Waals surface area (Å²) in [5.74, 6) is -2.28. The van der Waals surface area contributed by atoms with Crippen molar-refractivity contribution in [1.29, 1.82) is 0 Å². The van der Waals surface area contributed by atoms with Gasteiger partial charge in [0.15, 0.2) is 4.90 Å². The molecule has 0 saturated heterocycles. The number of hydrogen-bond acceptors (Lipinski definition) is 3. The van der Waals surface area contributed by atoms with Crippen LogP contribution in [0.1, 0.15) is 11.1 Å². The van der Waals surface area contributed by atoms with Gasteiger partial charge >= 0.3 is 0 Å². The molecular formula is C14H13F2NO3S. The topological polar surface area (TPSA) is 66.4 Å². The number of rotatable bonds is 5. The molecule has 0 aliphatic carbocycles. The van der Waals surface area contributed by atoms with Crippen LogP contribution in [0.25, 0.3) is 0 Å². The van der Waals surface area contributed by atoms with E-state index in [0.717, 1.165) is 18.2 Å². The summed E-state index contributed by atoms with van der Waals surface area (Å²) < 4.78 is 53.0. The Labute approximate surface area is 121 Å². The number of hydrogen-bond donors (Lipinski definition) is 2. The zero-order chi connectivity index (χ0) is 15.5. The molecule has 7 heteroatoms. The third kappa shape index (κ3) is 3.63. The summed E-state index contributed by atoms with van der Waals surface area (Å²) >= 11 is 0. The van der Waals surface area contributed by atoms with Crippen LogP contribution < -0.4 is 4.72 Å². The minimum absolute atomic E-state index is 0.109. The number of aliphatic hydroxyl groups excluding tert-OH is 1. The van der Waals surface area contributed by atoms with Gasteiger partial charge in [0.05, 0.1) is 6.61 Å². The summed E-state index contributed by atoms with van der Waals surface area (Å²) in [6.45, 7) is -0.228. The first-order valence-corrected chi connectivity index (χ1v) is 7.54. The molecule has 112 valence electrons. The molecule has 0 radical (unpaired) electrons. The molecule has 2 rings (SSSR count). The van der Waals surface area contributed by atoms with E-state index in [1.54, 1.807) is 24.3 Å². The Morgan fingerprint density at radius 1 is 0.952 bits per heavy atom. The van der Waals surface area contributed by atoms with Crippen LogP contribution in [-0.2, 0) is 23.2 Å². The van der Waals surface area contributed by atoms with Gasteiger partial charge in [-0.25, -0.2) is 21.9 Å². The summed E-state index contributed by atoms with van der Waals surface area (Å²) in [6.07, 6.45) is 0. The molecule has 4 nitrogen and oxygen atoms in total. The van der Waals surface area contributed by atoms with Crippen LogP contribution in [0.3, 0.4) is 0 Å². The maximum absolute atomic E-state index is 13.5. The lowest BCUT2D eigenvalue weighted by molar-refractivity contribution is 0.282. The van der Waals surface area contributed by atoms with Gasteiger partial charge in [-0.15, -0.1) is 0 Å². The Morgan fingerprint density at radius 3 is 2.00 bits per heavy atom. The Kier molecular flexibility index (Phi) is 4.66. The van der Waals surface area contributed by atoms with Gasteiger partial charge in [0.25, 0.3) is 0 Å². The summed E-state index contributed by atoms with van der Waals surface area (Å²) in [4.78, 5) is -0.989. The quantitative estimate of drug-likeness (QED) is 0.886. The van der Waals surface area contributed by atoms with E-state index < -0.39 is 26.6 Å². The fraction of sp³-hybridized carbons (Fsp3) is 0.143. The second-order valence-electron chi connectivity index (χ2n) is 4.35. The molecule has 2 aromatic rings. The van der Waals surface area contributed by atoms with Crippen LogP contribution in [-0.4, -0.2) is 13.5 Å². The predicted octanol–water partition coefficient (Wildman–Crippen LogP) is 1.94. The predicted molar refractivity (Wildman–Crippen MR) is 72.7 cm³/mol. The van der Waals surface area contributed by atoms with E-state index in [1.807, 2.05) is 0 Å². The van der Waals surface area contributed by atoms with Crippen LogP contribution in [0.15, 0.2) is 47.4 Å². The summed E-state index contributed by atoms with van der Waals surface area (Å²) in [7, 11) is -4.28. The van der Waals surface area contributed by atoms with Gasteiger partial charge < -0.3 is 5.11 Å². The van der Waals surface area contributed by atoms with E-state index in [2.05, 4.69) is 4.72 Å². The highest BCUT2D eigenvalue weighted by Crippen LogP contribution is 2.18. The normalized spacial score (nSPS) is 11.6. The molecule has 0 atom stereocenters. The fourth-order valence-corrected chi connectivity index (χ4v) is 2.90. The largest absolute Gasteiger partial charge is 0.392 e. The van der Waals surface area contributed by atoms with E-state index >= 15 is 0 Å². The average Bonchev–Trinajstić information content (AvgIpc) is 2.45. The zero-order valence-electron chi connectivity index (χ0n) is 10.9. The zero-order valence-corrected chi connectivity index (χ0v) is 11.7. The first-order valence-electron chi connectivity index (χ1n) is 6.06. The second-order valence-corrected chi connectivity index (χ2v) is 6.05. The van der Waals surface area contributed by atoms with Gasteiger partial charge in [-0.05, 0) is 23.3 Å². The SMILES string of the molecule is O=S(=O)(NCc1ccc(CO)cc1)c1c(F)cccc1F. The van der Waals surface area contributed by atoms with Gasteiger partial charge in [-0.2, -0.15) is 0 Å². The van der Waals surface area contributed by atoms with E-state index in [0.29, 0.717) is 11.1 Å². The molecule has 0 aliphatic heterocycles. The number of aliphatic hydroxyl groups is 1. The highest BCUT2D eigenvalue weighted by atomic mass is 32.2. The molecule has 0 heterocycles. The fourth-order valence-electron chi connectivity index (χ4n) is 1.75. The van der Waals surface area contributed by atoms with Crippen LogP contribution in [0.4, 0.5) is 8.78 Å². The number of halogens is 2. The maximum atomic E-state index is 13.5. The van der Waals surface area contributed by atoms with Crippen LogP contribution >= 0.6 is 0 Å². The Bertz CT molecular complexity index is 710. The third-order valence-electron chi connectivity index (χ3n) is 2.86. The van der Waals surface area contributed by atoms with Gasteiger partial charge in [0.1, 0.15) is 11.6 Å². The van der Waals surface area contributed by atoms with Crippen molar-refractivity contribution in [3.05, 3.63) is 65.2 Å². The summed E-state index contributed by atoms with van der Waals surface area (Å²) in [5, 5.41) is 8.90. The van der Waals surface area contributed by atoms with Crippen LogP contribution in [0, 0.1) is 11.6 Å². The van der Waals surface area contributed by atoms with E-state index in [-0.39, 0.29) is 13.2 Å². The minimum Gasteiger partial charge on any atom is -0.392 e. The van der Waals surface area contributed by atoms with Gasteiger partial charge in [-0.1, -0.05) is 30.3 Å². The van der Waals surface area contributed by atoms with Crippen molar-refractivity contribution in [2.75, 3.05) is 0 Å². The Hall–Kier alpha value is -1.83. The van der Waals surface area contributed by atoms with Gasteiger partial charge in [0, 0.05) is 6.54 Å². The second kappa shape index (κ2) is 6.30. The van der Waals surface area contributed by atoms with E-state index in [9.17, 15) is 17.2 Å². The number of benzene rings is 2. The Balaban J connectivity index is 2.18. The average molecular weight is 313 g/mol. The van der Waals surface area contributed by atoms with Gasteiger partial charge in [-0.3, -0.25) is 0 Å². The van der Waals surface area contributed by atoms with Crippen molar-refractivity contribution in [3.8, 4) is 0 Å². The highest BCUT2D eigenvalue weighted by molar-refractivity contribution is 7.89. The van der Waals surface area contributed by atoms with Crippen molar-refractivity contribution in [3.63, 3.8) is 0 Å². The summed E-state index contributed by atoms with van der Waals surface area (Å²) in [6, 6.07) is 9.36. The number of nitrogens with one attached hydrogen (secondary N) is 1. The molecule has 0 spiro atoms. The molecule has 0 aromatic heterocycles. The number of sulfonamides is 1. The molecule has 0 saturated carbocycles. The Morgan fingerprint density at radius 2 is 1.48 bits per heavy atom. The molecule has 2 N–H and O–H groups in total. The lowest BCUT2D eigenvalue weighted by Gasteiger charge is -2.09. The lowest BCUT2D eigenvalue weighted by atomic mass is 10.1. The maximum Gasteiger partial charge on any atom is 0.246 e. The smallest absolute Gasteiger partial charge is 0.246 e. The molecule has 0 fully saturated rings. The van der Waals surface area contributed by atoms with Crippen molar-refractivity contribution in [2.45, 2.75) is 18.0 Å². The molecular weight excluding hydrogens is 300 g/mol. The van der Waals surface area contributed by atoms with Crippen molar-refractivity contribution in [1.82, 2.24) is 4.72 Å². The van der Waals surface area contributed by atoms with E-state index in [4.69, 9.17) is 5.11 Å². The summed E-state index contributed by atoms with van der Waals surface area (Å²) in [5.41, 5.74) is 1.29. The van der Waals surface area contributed by atoms with Crippen molar-refractivity contribution < 1.29 is 22.3 Å². The van der Waals surface area contributed by atoms with Crippen molar-refractivity contribution in [2.24, 2.45) is 0 Å². The highest BCUT2D eigenvalue weighted by Gasteiger charge is 2.23. The monoisotopic (exact) mass is 313 g/mol. The third-order valence-corrected chi connectivity index (χ3v) is 4.31.